The van der Waals surface area contributed by atoms with E-state index in [1.807, 2.05) is 50.0 Å². The number of nitrogens with zero attached hydrogens (tertiary/aromatic N) is 1. The van der Waals surface area contributed by atoms with Crippen molar-refractivity contribution in [3.8, 4) is 0 Å². The molecule has 0 bridgehead atoms. The lowest BCUT2D eigenvalue weighted by Gasteiger charge is -2.50. The summed E-state index contributed by atoms with van der Waals surface area (Å²) >= 11 is 4.96. The molecule has 0 aliphatic carbocycles. The van der Waals surface area contributed by atoms with Crippen molar-refractivity contribution in [3.05, 3.63) is 47.2 Å². The highest BCUT2D eigenvalue weighted by Crippen LogP contribution is 2.41. The minimum Gasteiger partial charge on any atom is -0.515 e. The Hall–Kier alpha value is -1.58. The minimum absolute atomic E-state index is 0.203. The van der Waals surface area contributed by atoms with Gasteiger partial charge in [0.2, 0.25) is 14.2 Å². The molecule has 1 N–H and O–H groups in total. The van der Waals surface area contributed by atoms with Crippen LogP contribution >= 0.6 is 27.7 Å². The molecule has 2 amide bonds. The molecule has 1 aromatic carbocycles. The van der Waals surface area contributed by atoms with Gasteiger partial charge in [-0.3, -0.25) is 14.5 Å². The van der Waals surface area contributed by atoms with E-state index in [-0.39, 0.29) is 23.6 Å². The van der Waals surface area contributed by atoms with E-state index in [1.54, 1.807) is 11.8 Å². The molecule has 28 heavy (non-hydrogen) atoms. The molecule has 0 radical (unpaired) electrons. The number of benzene rings is 1. The zero-order valence-electron chi connectivity index (χ0n) is 16.0. The Morgan fingerprint density at radius 3 is 2.57 bits per heavy atom. The van der Waals surface area contributed by atoms with Crippen LogP contribution in [0.3, 0.4) is 0 Å². The van der Waals surface area contributed by atoms with E-state index in [0.29, 0.717) is 16.8 Å². The van der Waals surface area contributed by atoms with E-state index in [4.69, 9.17) is 4.43 Å². The van der Waals surface area contributed by atoms with E-state index >= 15 is 0 Å². The standard InChI is InChI=1S/C19H23BrN2O4SSi/c1-28(2,3)26-19(25)16-13(10-20)11-27-18-15(17(24)22(16)18)21-14(23)9-12-7-5-4-6-8-12/h4-8,15,18H,9-11H2,1-3H3,(H,21,23)/t15-,18-/m1/s1. The number of amides is 2. The number of hydrogen-bond donors (Lipinski definition) is 1. The topological polar surface area (TPSA) is 75.7 Å². The van der Waals surface area contributed by atoms with Crippen molar-refractivity contribution in [2.24, 2.45) is 0 Å². The summed E-state index contributed by atoms with van der Waals surface area (Å²) in [5.41, 5.74) is 2.06. The first-order valence-electron chi connectivity index (χ1n) is 9.00. The zero-order chi connectivity index (χ0) is 20.5. The van der Waals surface area contributed by atoms with Gasteiger partial charge in [-0.1, -0.05) is 46.3 Å². The normalized spacial score (nSPS) is 21.7. The van der Waals surface area contributed by atoms with Crippen molar-refractivity contribution in [1.82, 2.24) is 10.2 Å². The summed E-state index contributed by atoms with van der Waals surface area (Å²) in [7, 11) is -2.10. The lowest BCUT2D eigenvalue weighted by molar-refractivity contribution is -0.150. The number of carbonyl (C=O) groups excluding carboxylic acids is 3. The SMILES string of the molecule is C[Si](C)(C)OC(=O)C1=C(CBr)CS[C@@H]2[C@H](NC(=O)Cc3ccccc3)C(=O)N12. The summed E-state index contributed by atoms with van der Waals surface area (Å²) < 4.78 is 5.64. The van der Waals surface area contributed by atoms with E-state index < -0.39 is 20.3 Å². The predicted octanol–water partition coefficient (Wildman–Crippen LogP) is 2.66. The zero-order valence-corrected chi connectivity index (χ0v) is 19.4. The van der Waals surface area contributed by atoms with Crippen LogP contribution in [0.2, 0.25) is 19.6 Å². The molecule has 0 spiro atoms. The predicted molar refractivity (Wildman–Crippen MR) is 115 cm³/mol. The maximum atomic E-state index is 12.8. The van der Waals surface area contributed by atoms with Crippen LogP contribution in [-0.4, -0.2) is 53.5 Å². The van der Waals surface area contributed by atoms with Crippen LogP contribution in [0.15, 0.2) is 41.6 Å². The van der Waals surface area contributed by atoms with Gasteiger partial charge in [-0.2, -0.15) is 0 Å². The van der Waals surface area contributed by atoms with Gasteiger partial charge in [0.15, 0.2) is 0 Å². The fourth-order valence-electron chi connectivity index (χ4n) is 3.11. The van der Waals surface area contributed by atoms with Crippen LogP contribution in [0, 0.1) is 0 Å². The highest BCUT2D eigenvalue weighted by molar-refractivity contribution is 9.09. The molecule has 2 heterocycles. The molecule has 2 aliphatic rings. The van der Waals surface area contributed by atoms with Crippen molar-refractivity contribution in [1.29, 1.82) is 0 Å². The Bertz CT molecular complexity index is 825. The number of carbonyl (C=O) groups is 3. The molecular formula is C19H23BrN2O4SSi. The average Bonchev–Trinajstić information content (AvgIpc) is 2.64. The first-order valence-corrected chi connectivity index (χ1v) is 14.6. The Kier molecular flexibility index (Phi) is 6.36. The summed E-state index contributed by atoms with van der Waals surface area (Å²) in [6, 6.07) is 8.77. The van der Waals surface area contributed by atoms with E-state index in [1.165, 1.54) is 4.90 Å². The number of thioether (sulfide) groups is 1. The number of β-lactam (4-membered cyclic amide) rings is 1. The number of hydrogen-bond acceptors (Lipinski definition) is 5. The average molecular weight is 483 g/mol. The number of fused-ring (bicyclic) bond motifs is 1. The molecule has 150 valence electrons. The second-order valence-electron chi connectivity index (χ2n) is 7.71. The van der Waals surface area contributed by atoms with Gasteiger partial charge >= 0.3 is 5.97 Å². The maximum absolute atomic E-state index is 12.8. The van der Waals surface area contributed by atoms with Crippen LogP contribution in [0.25, 0.3) is 0 Å². The highest BCUT2D eigenvalue weighted by Gasteiger charge is 2.54. The lowest BCUT2D eigenvalue weighted by atomic mass is 10.0. The maximum Gasteiger partial charge on any atom is 0.341 e. The van der Waals surface area contributed by atoms with Gasteiger partial charge < -0.3 is 9.74 Å². The molecule has 2 aliphatic heterocycles. The number of alkyl halides is 1. The highest BCUT2D eigenvalue weighted by atomic mass is 79.9. The van der Waals surface area contributed by atoms with Crippen molar-refractivity contribution >= 4 is 53.8 Å². The van der Waals surface area contributed by atoms with Gasteiger partial charge in [-0.15, -0.1) is 11.8 Å². The monoisotopic (exact) mass is 482 g/mol. The minimum atomic E-state index is -2.10. The third-order valence-electron chi connectivity index (χ3n) is 4.32. The van der Waals surface area contributed by atoms with Gasteiger partial charge in [-0.05, 0) is 30.8 Å². The molecule has 2 atom stereocenters. The molecule has 9 heteroatoms. The van der Waals surface area contributed by atoms with Gasteiger partial charge in [-0.25, -0.2) is 4.79 Å². The Morgan fingerprint density at radius 1 is 1.29 bits per heavy atom. The van der Waals surface area contributed by atoms with Crippen LogP contribution < -0.4 is 5.32 Å². The number of nitrogens with one attached hydrogen (secondary N) is 1. The molecule has 1 fully saturated rings. The Balaban J connectivity index is 1.71. The molecule has 0 unspecified atom stereocenters. The molecule has 1 saturated heterocycles. The smallest absolute Gasteiger partial charge is 0.341 e. The molecule has 1 aromatic rings. The molecule has 3 rings (SSSR count). The molecule has 0 aromatic heterocycles. The third kappa shape index (κ3) is 4.52. The van der Waals surface area contributed by atoms with Gasteiger partial charge in [0.25, 0.3) is 5.91 Å². The quantitative estimate of drug-likeness (QED) is 0.383. The Morgan fingerprint density at radius 2 is 1.96 bits per heavy atom. The lowest BCUT2D eigenvalue weighted by Crippen LogP contribution is -2.70. The largest absolute Gasteiger partial charge is 0.515 e. The Labute approximate surface area is 178 Å². The summed E-state index contributed by atoms with van der Waals surface area (Å²) in [6.45, 7) is 5.79. The second-order valence-corrected chi connectivity index (χ2v) is 13.8. The summed E-state index contributed by atoms with van der Waals surface area (Å²) in [5.74, 6) is -0.298. The third-order valence-corrected chi connectivity index (χ3v) is 7.14. The number of rotatable bonds is 6. The van der Waals surface area contributed by atoms with Gasteiger partial charge in [0.1, 0.15) is 17.1 Å². The van der Waals surface area contributed by atoms with Crippen molar-refractivity contribution < 1.29 is 18.8 Å². The molecular weight excluding hydrogens is 460 g/mol. The second kappa shape index (κ2) is 8.42. The molecule has 0 saturated carbocycles. The van der Waals surface area contributed by atoms with Crippen molar-refractivity contribution in [3.63, 3.8) is 0 Å². The van der Waals surface area contributed by atoms with Crippen molar-refractivity contribution in [2.45, 2.75) is 37.5 Å². The molecule has 6 nitrogen and oxygen atoms in total. The fourth-order valence-corrected chi connectivity index (χ4v) is 5.83. The fraction of sp³-hybridized carbons (Fsp3) is 0.421. The van der Waals surface area contributed by atoms with Crippen molar-refractivity contribution in [2.75, 3.05) is 11.1 Å². The first kappa shape index (κ1) is 21.1. The number of halogens is 1. The summed E-state index contributed by atoms with van der Waals surface area (Å²) in [5, 5.41) is 3.04. The van der Waals surface area contributed by atoms with E-state index in [2.05, 4.69) is 21.2 Å². The first-order chi connectivity index (χ1) is 13.2. The van der Waals surface area contributed by atoms with Crippen LogP contribution in [0.1, 0.15) is 5.56 Å². The van der Waals surface area contributed by atoms with E-state index in [9.17, 15) is 14.4 Å². The van der Waals surface area contributed by atoms with Gasteiger partial charge in [0, 0.05) is 11.1 Å². The van der Waals surface area contributed by atoms with Crippen LogP contribution in [0.5, 0.6) is 0 Å². The van der Waals surface area contributed by atoms with E-state index in [0.717, 1.165) is 11.1 Å². The van der Waals surface area contributed by atoms with Crippen LogP contribution in [-0.2, 0) is 25.2 Å². The van der Waals surface area contributed by atoms with Gasteiger partial charge in [0.05, 0.1) is 6.42 Å². The summed E-state index contributed by atoms with van der Waals surface area (Å²) in [4.78, 5) is 39.4. The van der Waals surface area contributed by atoms with Crippen LogP contribution in [0.4, 0.5) is 0 Å². The summed E-state index contributed by atoms with van der Waals surface area (Å²) in [6.07, 6.45) is 0.217.